The van der Waals surface area contributed by atoms with Crippen LogP contribution in [0.5, 0.6) is 11.5 Å². The molecule has 0 bridgehead atoms. The highest BCUT2D eigenvalue weighted by Gasteiger charge is 2.24. The number of hydrogen-bond donors (Lipinski definition) is 2. The van der Waals surface area contributed by atoms with Crippen molar-refractivity contribution in [2.45, 2.75) is 18.9 Å². The van der Waals surface area contributed by atoms with Crippen LogP contribution in [0.2, 0.25) is 0 Å². The molecule has 6 nitrogen and oxygen atoms in total. The number of fused-ring (bicyclic) bond motifs is 1. The standard InChI is InChI=1S/C25H25N3O3/c1-30-18-9-10-20(24(12-18)31-2)21(22-16-27-23-8-4-3-7-19(22)23)13-25(29)28-15-17-6-5-11-26-14-17/h3-12,14,16,21,27H,13,15H2,1-2H3,(H,28,29)/t21-/m1/s1. The third-order valence-corrected chi connectivity index (χ3v) is 5.41. The highest BCUT2D eigenvalue weighted by Crippen LogP contribution is 2.39. The number of para-hydroxylation sites is 1. The molecular formula is C25H25N3O3. The highest BCUT2D eigenvalue weighted by atomic mass is 16.5. The van der Waals surface area contributed by atoms with E-state index in [2.05, 4.69) is 21.4 Å². The van der Waals surface area contributed by atoms with E-state index in [1.165, 1.54) is 0 Å². The number of benzene rings is 2. The second kappa shape index (κ2) is 9.34. The first-order valence-corrected chi connectivity index (χ1v) is 10.1. The van der Waals surface area contributed by atoms with Crippen molar-refractivity contribution in [3.63, 3.8) is 0 Å². The number of methoxy groups -OCH3 is 2. The Labute approximate surface area is 181 Å². The Morgan fingerprint density at radius 3 is 2.71 bits per heavy atom. The Hall–Kier alpha value is -3.80. The van der Waals surface area contributed by atoms with Crippen LogP contribution in [-0.4, -0.2) is 30.1 Å². The number of carbonyl (C=O) groups excluding carboxylic acids is 1. The van der Waals surface area contributed by atoms with E-state index >= 15 is 0 Å². The molecule has 4 rings (SSSR count). The van der Waals surface area contributed by atoms with Crippen LogP contribution in [0.25, 0.3) is 10.9 Å². The van der Waals surface area contributed by atoms with Gasteiger partial charge in [0.1, 0.15) is 11.5 Å². The molecule has 0 fully saturated rings. The van der Waals surface area contributed by atoms with Crippen LogP contribution in [0.15, 0.2) is 73.2 Å². The fourth-order valence-electron chi connectivity index (χ4n) is 3.84. The topological polar surface area (TPSA) is 76.2 Å². The fraction of sp³-hybridized carbons (Fsp3) is 0.200. The summed E-state index contributed by atoms with van der Waals surface area (Å²) in [5.74, 6) is 1.16. The number of nitrogens with one attached hydrogen (secondary N) is 2. The molecule has 0 spiro atoms. The Bertz CT molecular complexity index is 1170. The minimum absolute atomic E-state index is 0.0444. The molecule has 0 aliphatic rings. The van der Waals surface area contributed by atoms with Crippen molar-refractivity contribution in [1.29, 1.82) is 0 Å². The predicted octanol–water partition coefficient (Wildman–Crippen LogP) is 4.42. The first-order chi connectivity index (χ1) is 15.2. The van der Waals surface area contributed by atoms with Crippen molar-refractivity contribution in [3.05, 3.63) is 89.9 Å². The number of aromatic amines is 1. The predicted molar refractivity (Wildman–Crippen MR) is 120 cm³/mol. The molecule has 1 atom stereocenters. The zero-order valence-electron chi connectivity index (χ0n) is 17.6. The number of nitrogens with zero attached hydrogens (tertiary/aromatic N) is 1. The van der Waals surface area contributed by atoms with Gasteiger partial charge in [-0.3, -0.25) is 9.78 Å². The summed E-state index contributed by atoms with van der Waals surface area (Å²) in [6.45, 7) is 0.438. The summed E-state index contributed by atoms with van der Waals surface area (Å²) in [5.41, 5.74) is 3.98. The van der Waals surface area contributed by atoms with Crippen molar-refractivity contribution in [2.75, 3.05) is 14.2 Å². The zero-order chi connectivity index (χ0) is 21.6. The first kappa shape index (κ1) is 20.5. The van der Waals surface area contributed by atoms with Crippen LogP contribution in [0.1, 0.15) is 29.0 Å². The van der Waals surface area contributed by atoms with Gasteiger partial charge >= 0.3 is 0 Å². The molecule has 0 aliphatic carbocycles. The fourth-order valence-corrected chi connectivity index (χ4v) is 3.84. The van der Waals surface area contributed by atoms with Crippen molar-refractivity contribution in [1.82, 2.24) is 15.3 Å². The van der Waals surface area contributed by atoms with E-state index in [9.17, 15) is 4.79 Å². The van der Waals surface area contributed by atoms with Crippen molar-refractivity contribution < 1.29 is 14.3 Å². The van der Waals surface area contributed by atoms with Crippen LogP contribution < -0.4 is 14.8 Å². The van der Waals surface area contributed by atoms with Crippen LogP contribution >= 0.6 is 0 Å². The largest absolute Gasteiger partial charge is 0.497 e. The van der Waals surface area contributed by atoms with Gasteiger partial charge in [0.05, 0.1) is 14.2 Å². The number of amides is 1. The number of carbonyl (C=O) groups is 1. The summed E-state index contributed by atoms with van der Waals surface area (Å²) in [5, 5.41) is 4.10. The molecule has 158 valence electrons. The van der Waals surface area contributed by atoms with Crippen LogP contribution in [0, 0.1) is 0 Å². The molecule has 0 saturated carbocycles. The summed E-state index contributed by atoms with van der Waals surface area (Å²) in [7, 11) is 3.25. The maximum Gasteiger partial charge on any atom is 0.221 e. The molecular weight excluding hydrogens is 390 g/mol. The number of aromatic nitrogens is 2. The third-order valence-electron chi connectivity index (χ3n) is 5.41. The third kappa shape index (κ3) is 4.53. The lowest BCUT2D eigenvalue weighted by atomic mass is 9.87. The minimum Gasteiger partial charge on any atom is -0.497 e. The molecule has 2 aromatic heterocycles. The lowest BCUT2D eigenvalue weighted by molar-refractivity contribution is -0.121. The van der Waals surface area contributed by atoms with E-state index in [1.807, 2.05) is 54.7 Å². The Kier molecular flexibility index (Phi) is 6.17. The SMILES string of the molecule is COc1ccc([C@@H](CC(=O)NCc2cccnc2)c2c[nH]c3ccccc23)c(OC)c1. The molecule has 6 heteroatoms. The molecule has 31 heavy (non-hydrogen) atoms. The van der Waals surface area contributed by atoms with Gasteiger partial charge in [0, 0.05) is 60.0 Å². The zero-order valence-corrected chi connectivity index (χ0v) is 17.6. The van der Waals surface area contributed by atoms with Gasteiger partial charge in [-0.25, -0.2) is 0 Å². The van der Waals surface area contributed by atoms with Crippen LogP contribution in [0.4, 0.5) is 0 Å². The molecule has 0 radical (unpaired) electrons. The lowest BCUT2D eigenvalue weighted by Crippen LogP contribution is -2.25. The molecule has 2 aromatic carbocycles. The Balaban J connectivity index is 1.67. The molecule has 4 aromatic rings. The average Bonchev–Trinajstić information content (AvgIpc) is 3.25. The van der Waals surface area contributed by atoms with E-state index in [0.717, 1.165) is 27.6 Å². The van der Waals surface area contributed by atoms with Crippen molar-refractivity contribution in [3.8, 4) is 11.5 Å². The summed E-state index contributed by atoms with van der Waals surface area (Å²) < 4.78 is 11.0. The molecule has 1 amide bonds. The molecule has 2 N–H and O–H groups in total. The second-order valence-corrected chi connectivity index (χ2v) is 7.29. The monoisotopic (exact) mass is 415 g/mol. The summed E-state index contributed by atoms with van der Waals surface area (Å²) in [4.78, 5) is 20.4. The second-order valence-electron chi connectivity index (χ2n) is 7.29. The van der Waals surface area contributed by atoms with Gasteiger partial charge in [-0.15, -0.1) is 0 Å². The molecule has 0 saturated heterocycles. The van der Waals surface area contributed by atoms with Gasteiger partial charge in [-0.1, -0.05) is 30.3 Å². The summed E-state index contributed by atoms with van der Waals surface area (Å²) in [6, 6.07) is 17.6. The van der Waals surface area contributed by atoms with Gasteiger partial charge in [0.15, 0.2) is 0 Å². The van der Waals surface area contributed by atoms with Crippen molar-refractivity contribution in [2.24, 2.45) is 0 Å². The molecule has 0 unspecified atom stereocenters. The van der Waals surface area contributed by atoms with E-state index in [4.69, 9.17) is 9.47 Å². The van der Waals surface area contributed by atoms with Gasteiger partial charge in [0.25, 0.3) is 0 Å². The van der Waals surface area contributed by atoms with Crippen LogP contribution in [-0.2, 0) is 11.3 Å². The average molecular weight is 415 g/mol. The van der Waals surface area contributed by atoms with E-state index in [1.54, 1.807) is 26.6 Å². The maximum atomic E-state index is 12.9. The van der Waals surface area contributed by atoms with Gasteiger partial charge in [-0.2, -0.15) is 0 Å². The molecule has 0 aliphatic heterocycles. The normalized spacial score (nSPS) is 11.8. The quantitative estimate of drug-likeness (QED) is 0.447. The number of H-pyrrole nitrogens is 1. The number of rotatable bonds is 8. The smallest absolute Gasteiger partial charge is 0.221 e. The maximum absolute atomic E-state index is 12.9. The van der Waals surface area contributed by atoms with Gasteiger partial charge in [0.2, 0.25) is 5.91 Å². The van der Waals surface area contributed by atoms with Gasteiger partial charge < -0.3 is 19.8 Å². The van der Waals surface area contributed by atoms with Gasteiger partial charge in [-0.05, 0) is 29.3 Å². The van der Waals surface area contributed by atoms with Crippen molar-refractivity contribution >= 4 is 16.8 Å². The highest BCUT2D eigenvalue weighted by molar-refractivity contribution is 5.86. The van der Waals surface area contributed by atoms with E-state index in [-0.39, 0.29) is 18.2 Å². The number of hydrogen-bond acceptors (Lipinski definition) is 4. The first-order valence-electron chi connectivity index (χ1n) is 10.1. The van der Waals surface area contributed by atoms with Crippen LogP contribution in [0.3, 0.4) is 0 Å². The summed E-state index contributed by atoms with van der Waals surface area (Å²) in [6.07, 6.45) is 5.73. The van der Waals surface area contributed by atoms with E-state index in [0.29, 0.717) is 18.0 Å². The Morgan fingerprint density at radius 2 is 1.94 bits per heavy atom. The molecule has 2 heterocycles. The van der Waals surface area contributed by atoms with E-state index < -0.39 is 0 Å². The number of ether oxygens (including phenoxy) is 2. The summed E-state index contributed by atoms with van der Waals surface area (Å²) >= 11 is 0. The number of pyridine rings is 1. The lowest BCUT2D eigenvalue weighted by Gasteiger charge is -2.20. The minimum atomic E-state index is -0.189. The Morgan fingerprint density at radius 1 is 1.06 bits per heavy atom.